The lowest BCUT2D eigenvalue weighted by atomic mass is 10.7. The Bertz CT molecular complexity index is 237. The molecule has 0 saturated heterocycles. The summed E-state index contributed by atoms with van der Waals surface area (Å²) in [5, 5.41) is 15.8. The number of nitrogens with zero attached hydrogens (tertiary/aromatic N) is 2. The fourth-order valence-electron chi connectivity index (χ4n) is 0.396. The molecule has 0 amide bonds. The van der Waals surface area contributed by atoms with Gasteiger partial charge in [0.1, 0.15) is 3.57 Å². The van der Waals surface area contributed by atoms with Crippen molar-refractivity contribution in [2.75, 3.05) is 0 Å². The van der Waals surface area contributed by atoms with E-state index in [9.17, 15) is 10.1 Å². The quantitative estimate of drug-likeness (QED) is 0.477. The highest BCUT2D eigenvalue weighted by atomic mass is 127. The third-order valence-electron chi connectivity index (χ3n) is 0.748. The zero-order valence-corrected chi connectivity index (χ0v) is 7.55. The molecule has 0 unspecified atom stereocenters. The Morgan fingerprint density at radius 1 is 1.80 bits per heavy atom. The first-order valence-corrected chi connectivity index (χ1v) is 3.13. The number of rotatable bonds is 1. The molecule has 0 saturated carbocycles. The Morgan fingerprint density at radius 2 is 2.40 bits per heavy atom. The van der Waals surface area contributed by atoms with E-state index >= 15 is 0 Å². The first-order chi connectivity index (χ1) is 4.22. The van der Waals surface area contributed by atoms with Gasteiger partial charge in [-0.05, 0) is 27.5 Å². The van der Waals surface area contributed by atoms with Crippen LogP contribution in [0, 0.1) is 13.7 Å². The van der Waals surface area contributed by atoms with E-state index in [0.29, 0.717) is 3.57 Å². The number of aromatic amines is 1. The van der Waals surface area contributed by atoms with Crippen LogP contribution in [0.4, 0.5) is 5.82 Å². The number of nitro groups is 1. The molecule has 1 rings (SSSR count). The number of H-pyrrole nitrogens is 1. The number of hydrogen-bond acceptors (Lipinski definition) is 3. The van der Waals surface area contributed by atoms with Crippen molar-refractivity contribution in [3.63, 3.8) is 0 Å². The van der Waals surface area contributed by atoms with Crippen molar-refractivity contribution in [1.29, 1.82) is 0 Å². The zero-order valence-electron chi connectivity index (χ0n) is 4.57. The summed E-state index contributed by atoms with van der Waals surface area (Å²) in [5.41, 5.74) is 0. The third-order valence-corrected chi connectivity index (χ3v) is 1.54. The van der Waals surface area contributed by atoms with E-state index in [4.69, 9.17) is 0 Å². The van der Waals surface area contributed by atoms with Crippen molar-refractivity contribution in [2.24, 2.45) is 0 Å². The molecular weight excluding hydrogens is 272 g/mol. The summed E-state index contributed by atoms with van der Waals surface area (Å²) in [4.78, 5) is 9.47. The maximum atomic E-state index is 10.0. The SMILES string of the molecule is Cl.O=[N+]([O-])c1n[nH]cc1I. The van der Waals surface area contributed by atoms with E-state index in [0.717, 1.165) is 0 Å². The summed E-state index contributed by atoms with van der Waals surface area (Å²) in [6.45, 7) is 0. The van der Waals surface area contributed by atoms with E-state index in [2.05, 4.69) is 10.2 Å². The summed E-state index contributed by atoms with van der Waals surface area (Å²) in [7, 11) is 0. The standard InChI is InChI=1S/C3H2IN3O2.ClH/c4-2-1-5-6-3(2)7(8)9;/h1H,(H,5,6);1H. The molecule has 0 aliphatic rings. The predicted octanol–water partition coefficient (Wildman–Crippen LogP) is 1.34. The summed E-state index contributed by atoms with van der Waals surface area (Å²) in [6.07, 6.45) is 1.47. The van der Waals surface area contributed by atoms with Crippen LogP contribution in [-0.2, 0) is 0 Å². The van der Waals surface area contributed by atoms with Crippen LogP contribution in [0.2, 0.25) is 0 Å². The summed E-state index contributed by atoms with van der Waals surface area (Å²) in [5.74, 6) is -0.115. The largest absolute Gasteiger partial charge is 0.403 e. The molecule has 7 heteroatoms. The molecule has 0 bridgehead atoms. The van der Waals surface area contributed by atoms with Crippen LogP contribution in [0.3, 0.4) is 0 Å². The average molecular weight is 275 g/mol. The molecule has 5 nitrogen and oxygen atoms in total. The molecule has 0 fully saturated rings. The minimum absolute atomic E-state index is 0. The van der Waals surface area contributed by atoms with E-state index in [-0.39, 0.29) is 18.2 Å². The van der Waals surface area contributed by atoms with Gasteiger partial charge in [-0.15, -0.1) is 12.4 Å². The van der Waals surface area contributed by atoms with Gasteiger partial charge in [0.15, 0.2) is 0 Å². The molecule has 0 radical (unpaired) electrons. The highest BCUT2D eigenvalue weighted by Gasteiger charge is 2.12. The lowest BCUT2D eigenvalue weighted by Gasteiger charge is -1.83. The molecule has 0 atom stereocenters. The van der Waals surface area contributed by atoms with Gasteiger partial charge in [0.2, 0.25) is 0 Å². The molecule has 1 aromatic heterocycles. The molecule has 0 aromatic carbocycles. The second-order valence-corrected chi connectivity index (χ2v) is 2.48. The first-order valence-electron chi connectivity index (χ1n) is 2.05. The second kappa shape index (κ2) is 3.71. The van der Waals surface area contributed by atoms with Crippen LogP contribution >= 0.6 is 35.0 Å². The van der Waals surface area contributed by atoms with Gasteiger partial charge in [0.05, 0.1) is 11.3 Å². The van der Waals surface area contributed by atoms with Crippen LogP contribution in [0.15, 0.2) is 6.20 Å². The second-order valence-electron chi connectivity index (χ2n) is 1.31. The third kappa shape index (κ3) is 1.81. The van der Waals surface area contributed by atoms with Gasteiger partial charge >= 0.3 is 5.82 Å². The van der Waals surface area contributed by atoms with Crippen molar-refractivity contribution in [3.05, 3.63) is 19.9 Å². The summed E-state index contributed by atoms with van der Waals surface area (Å²) >= 11 is 1.84. The average Bonchev–Trinajstić information content (AvgIpc) is 2.13. The van der Waals surface area contributed by atoms with Gasteiger partial charge < -0.3 is 10.1 Å². The number of nitrogens with one attached hydrogen (secondary N) is 1. The Kier molecular flexibility index (Phi) is 3.58. The van der Waals surface area contributed by atoms with Gasteiger partial charge in [-0.2, -0.15) is 5.10 Å². The highest BCUT2D eigenvalue weighted by Crippen LogP contribution is 2.14. The van der Waals surface area contributed by atoms with Crippen molar-refractivity contribution >= 4 is 40.8 Å². The number of halogens is 2. The fourth-order valence-corrected chi connectivity index (χ4v) is 0.853. The van der Waals surface area contributed by atoms with E-state index in [1.54, 1.807) is 0 Å². The molecule has 0 spiro atoms. The Labute approximate surface area is 75.9 Å². The number of aromatic nitrogens is 2. The van der Waals surface area contributed by atoms with Gasteiger partial charge in [-0.3, -0.25) is 0 Å². The highest BCUT2D eigenvalue weighted by molar-refractivity contribution is 14.1. The Morgan fingerprint density at radius 3 is 2.60 bits per heavy atom. The molecule has 1 heterocycles. The van der Waals surface area contributed by atoms with Crippen LogP contribution in [0.1, 0.15) is 0 Å². The smallest absolute Gasteiger partial charge is 0.358 e. The summed E-state index contributed by atoms with van der Waals surface area (Å²) < 4.78 is 0.526. The minimum Gasteiger partial charge on any atom is -0.358 e. The van der Waals surface area contributed by atoms with E-state index in [1.165, 1.54) is 6.20 Å². The van der Waals surface area contributed by atoms with Crippen molar-refractivity contribution in [3.8, 4) is 0 Å². The normalized spacial score (nSPS) is 8.50. The fraction of sp³-hybridized carbons (Fsp3) is 0. The van der Waals surface area contributed by atoms with E-state index < -0.39 is 4.92 Å². The van der Waals surface area contributed by atoms with Crippen molar-refractivity contribution in [1.82, 2.24) is 10.2 Å². The maximum Gasteiger partial charge on any atom is 0.403 e. The molecule has 0 aliphatic heterocycles. The molecule has 10 heavy (non-hydrogen) atoms. The Balaban J connectivity index is 0.000000810. The van der Waals surface area contributed by atoms with Crippen LogP contribution in [-0.4, -0.2) is 15.1 Å². The van der Waals surface area contributed by atoms with Crippen molar-refractivity contribution < 1.29 is 4.92 Å². The molecule has 1 N–H and O–H groups in total. The topological polar surface area (TPSA) is 71.8 Å². The molecular formula is C3H3ClIN3O2. The number of hydrogen-bond donors (Lipinski definition) is 1. The lowest BCUT2D eigenvalue weighted by Crippen LogP contribution is -1.89. The van der Waals surface area contributed by atoms with Crippen molar-refractivity contribution in [2.45, 2.75) is 0 Å². The molecule has 56 valence electrons. The summed E-state index contributed by atoms with van der Waals surface area (Å²) in [6, 6.07) is 0. The monoisotopic (exact) mass is 275 g/mol. The zero-order chi connectivity index (χ0) is 6.85. The lowest BCUT2D eigenvalue weighted by molar-refractivity contribution is -0.390. The Hall–Kier alpha value is -0.370. The van der Waals surface area contributed by atoms with Crippen LogP contribution in [0.25, 0.3) is 0 Å². The van der Waals surface area contributed by atoms with Gasteiger partial charge in [0, 0.05) is 0 Å². The van der Waals surface area contributed by atoms with E-state index in [1.807, 2.05) is 22.6 Å². The van der Waals surface area contributed by atoms with Gasteiger partial charge in [0.25, 0.3) is 0 Å². The first kappa shape index (κ1) is 9.63. The predicted molar refractivity (Wildman–Crippen MR) is 45.2 cm³/mol. The maximum absolute atomic E-state index is 10.0. The van der Waals surface area contributed by atoms with Gasteiger partial charge in [-0.25, -0.2) is 0 Å². The molecule has 1 aromatic rings. The molecule has 0 aliphatic carbocycles. The minimum atomic E-state index is -0.529. The van der Waals surface area contributed by atoms with Gasteiger partial charge in [-0.1, -0.05) is 0 Å². The van der Waals surface area contributed by atoms with Crippen LogP contribution < -0.4 is 0 Å². The van der Waals surface area contributed by atoms with Crippen LogP contribution in [0.5, 0.6) is 0 Å².